The Morgan fingerprint density at radius 1 is 1.17 bits per heavy atom. The molecule has 1 fully saturated rings. The minimum Gasteiger partial charge on any atom is -0.507 e. The molecule has 8 heteroatoms. The van der Waals surface area contributed by atoms with Gasteiger partial charge in [-0.1, -0.05) is 36.1 Å². The van der Waals surface area contributed by atoms with E-state index in [2.05, 4.69) is 18.7 Å². The van der Waals surface area contributed by atoms with E-state index < -0.39 is 5.97 Å². The van der Waals surface area contributed by atoms with Crippen LogP contribution in [0.3, 0.4) is 0 Å². The van der Waals surface area contributed by atoms with E-state index in [0.717, 1.165) is 36.1 Å². The molecule has 0 bridgehead atoms. The number of phenols is 1. The number of hydrogen-bond acceptors (Lipinski definition) is 6. The molecule has 0 aliphatic carbocycles. The number of hydrogen-bond donors (Lipinski definition) is 2. The molecule has 2 aromatic rings. The summed E-state index contributed by atoms with van der Waals surface area (Å²) in [6.45, 7) is 6.03. The van der Waals surface area contributed by atoms with Crippen LogP contribution >= 0.6 is 24.0 Å². The second-order valence-electron chi connectivity index (χ2n) is 6.29. The first-order valence-corrected chi connectivity index (χ1v) is 10.3. The Balaban J connectivity index is 1.87. The molecule has 3 rings (SSSR count). The minimum absolute atomic E-state index is 0.285. The molecule has 0 radical (unpaired) electrons. The van der Waals surface area contributed by atoms with E-state index >= 15 is 0 Å². The van der Waals surface area contributed by atoms with Gasteiger partial charge in [0.25, 0.3) is 5.91 Å². The van der Waals surface area contributed by atoms with Crippen molar-refractivity contribution in [1.82, 2.24) is 0 Å². The summed E-state index contributed by atoms with van der Waals surface area (Å²) in [4.78, 5) is 28.1. The van der Waals surface area contributed by atoms with Crippen LogP contribution in [-0.4, -0.2) is 39.5 Å². The number of aromatic carboxylic acids is 1. The maximum atomic E-state index is 12.9. The number of rotatable bonds is 6. The van der Waals surface area contributed by atoms with E-state index in [1.54, 1.807) is 6.08 Å². The molecule has 1 heterocycles. The molecule has 150 valence electrons. The molecule has 6 nitrogen and oxygen atoms in total. The lowest BCUT2D eigenvalue weighted by molar-refractivity contribution is -0.113. The lowest BCUT2D eigenvalue weighted by atomic mass is 10.1. The Bertz CT molecular complexity index is 998. The standard InChI is InChI=1S/C21H20N2O4S2/c1-3-22(4-2)14-7-5-13(6-8-14)11-18-19(25)23(21(28)29-18)15-9-10-17(24)16(12-15)20(26)27/h5-12,24H,3-4H2,1-2H3,(H,26,27)/b18-11-. The zero-order valence-electron chi connectivity index (χ0n) is 16.0. The summed E-state index contributed by atoms with van der Waals surface area (Å²) in [5.74, 6) is -1.97. The van der Waals surface area contributed by atoms with Gasteiger partial charge >= 0.3 is 5.97 Å². The van der Waals surface area contributed by atoms with Gasteiger partial charge in [-0.05, 0) is 55.8 Å². The van der Waals surface area contributed by atoms with Crippen molar-refractivity contribution in [2.24, 2.45) is 0 Å². The van der Waals surface area contributed by atoms with Gasteiger partial charge in [0.05, 0.1) is 10.6 Å². The number of benzene rings is 2. The van der Waals surface area contributed by atoms with Crippen LogP contribution < -0.4 is 9.80 Å². The highest BCUT2D eigenvalue weighted by molar-refractivity contribution is 8.27. The Kier molecular flexibility index (Phi) is 6.24. The maximum Gasteiger partial charge on any atom is 0.339 e. The van der Waals surface area contributed by atoms with E-state index in [4.69, 9.17) is 12.2 Å². The van der Waals surface area contributed by atoms with Crippen LogP contribution in [-0.2, 0) is 4.79 Å². The fourth-order valence-electron chi connectivity index (χ4n) is 3.05. The predicted octanol–water partition coefficient (Wildman–Crippen LogP) is 4.34. The molecule has 1 amide bonds. The van der Waals surface area contributed by atoms with Gasteiger partial charge in [0.1, 0.15) is 11.3 Å². The molecule has 0 unspecified atom stereocenters. The smallest absolute Gasteiger partial charge is 0.339 e. The molecule has 2 aromatic carbocycles. The van der Waals surface area contributed by atoms with Gasteiger partial charge < -0.3 is 15.1 Å². The number of nitrogens with zero attached hydrogens (tertiary/aromatic N) is 2. The van der Waals surface area contributed by atoms with E-state index in [0.29, 0.717) is 14.9 Å². The van der Waals surface area contributed by atoms with Crippen molar-refractivity contribution in [3.05, 3.63) is 58.5 Å². The number of thioether (sulfide) groups is 1. The van der Waals surface area contributed by atoms with Gasteiger partial charge in [-0.15, -0.1) is 0 Å². The van der Waals surface area contributed by atoms with Crippen LogP contribution in [0.1, 0.15) is 29.8 Å². The average Bonchev–Trinajstić information content (AvgIpc) is 2.97. The number of carboxylic acids is 1. The third-order valence-electron chi connectivity index (χ3n) is 4.58. The van der Waals surface area contributed by atoms with Gasteiger partial charge in [-0.25, -0.2) is 4.79 Å². The predicted molar refractivity (Wildman–Crippen MR) is 121 cm³/mol. The molecule has 0 aromatic heterocycles. The molecule has 29 heavy (non-hydrogen) atoms. The fraction of sp³-hybridized carbons (Fsp3) is 0.190. The zero-order valence-corrected chi connectivity index (χ0v) is 17.6. The Morgan fingerprint density at radius 3 is 2.41 bits per heavy atom. The Morgan fingerprint density at radius 2 is 1.83 bits per heavy atom. The summed E-state index contributed by atoms with van der Waals surface area (Å²) in [6, 6.07) is 11.9. The first kappa shape index (κ1) is 20.9. The van der Waals surface area contributed by atoms with Crippen LogP contribution in [0.25, 0.3) is 6.08 Å². The lowest BCUT2D eigenvalue weighted by Crippen LogP contribution is -2.27. The maximum absolute atomic E-state index is 12.9. The summed E-state index contributed by atoms with van der Waals surface area (Å²) in [5.41, 5.74) is 2.01. The summed E-state index contributed by atoms with van der Waals surface area (Å²) in [6.07, 6.45) is 1.77. The summed E-state index contributed by atoms with van der Waals surface area (Å²) >= 11 is 6.49. The molecular weight excluding hydrogens is 408 g/mol. The molecule has 1 saturated heterocycles. The lowest BCUT2D eigenvalue weighted by Gasteiger charge is -2.20. The monoisotopic (exact) mass is 428 g/mol. The highest BCUT2D eigenvalue weighted by Crippen LogP contribution is 2.37. The van der Waals surface area contributed by atoms with Crippen molar-refractivity contribution in [1.29, 1.82) is 0 Å². The van der Waals surface area contributed by atoms with Crippen LogP contribution in [0.5, 0.6) is 5.75 Å². The van der Waals surface area contributed by atoms with Crippen molar-refractivity contribution in [2.75, 3.05) is 22.9 Å². The molecule has 0 spiro atoms. The number of carbonyl (C=O) groups excluding carboxylic acids is 1. The number of amides is 1. The van der Waals surface area contributed by atoms with Crippen LogP contribution in [0.15, 0.2) is 47.4 Å². The molecule has 0 saturated carbocycles. The van der Waals surface area contributed by atoms with Gasteiger partial charge in [-0.2, -0.15) is 0 Å². The molecule has 0 atom stereocenters. The topological polar surface area (TPSA) is 81.1 Å². The first-order valence-electron chi connectivity index (χ1n) is 9.05. The van der Waals surface area contributed by atoms with Gasteiger partial charge in [0, 0.05) is 18.8 Å². The van der Waals surface area contributed by atoms with Gasteiger partial charge in [0.15, 0.2) is 4.32 Å². The number of aromatic hydroxyl groups is 1. The quantitative estimate of drug-likeness (QED) is 0.523. The number of carboxylic acid groups (broad SMARTS) is 1. The van der Waals surface area contributed by atoms with E-state index in [9.17, 15) is 19.8 Å². The number of thiocarbonyl (C=S) groups is 1. The molecular formula is C21H20N2O4S2. The summed E-state index contributed by atoms with van der Waals surface area (Å²) in [5, 5.41) is 18.9. The van der Waals surface area contributed by atoms with Crippen molar-refractivity contribution in [3.63, 3.8) is 0 Å². The number of anilines is 2. The fourth-order valence-corrected chi connectivity index (χ4v) is 4.35. The van der Waals surface area contributed by atoms with Gasteiger partial charge in [0.2, 0.25) is 0 Å². The largest absolute Gasteiger partial charge is 0.507 e. The molecule has 2 N–H and O–H groups in total. The van der Waals surface area contributed by atoms with E-state index in [1.807, 2.05) is 24.3 Å². The van der Waals surface area contributed by atoms with Crippen molar-refractivity contribution in [3.8, 4) is 5.75 Å². The summed E-state index contributed by atoms with van der Waals surface area (Å²) in [7, 11) is 0. The van der Waals surface area contributed by atoms with Crippen LogP contribution in [0.2, 0.25) is 0 Å². The first-order chi connectivity index (χ1) is 13.8. The Labute approximate surface area is 178 Å². The van der Waals surface area contributed by atoms with Crippen molar-refractivity contribution in [2.45, 2.75) is 13.8 Å². The normalized spacial score (nSPS) is 15.2. The molecule has 1 aliphatic heterocycles. The van der Waals surface area contributed by atoms with Crippen LogP contribution in [0.4, 0.5) is 11.4 Å². The van der Waals surface area contributed by atoms with Gasteiger partial charge in [-0.3, -0.25) is 9.69 Å². The van der Waals surface area contributed by atoms with E-state index in [-0.39, 0.29) is 17.2 Å². The second kappa shape index (κ2) is 8.67. The van der Waals surface area contributed by atoms with Crippen LogP contribution in [0, 0.1) is 0 Å². The molecule has 1 aliphatic rings. The third kappa shape index (κ3) is 4.28. The minimum atomic E-state index is -1.28. The zero-order chi connectivity index (χ0) is 21.1. The highest BCUT2D eigenvalue weighted by Gasteiger charge is 2.34. The highest BCUT2D eigenvalue weighted by atomic mass is 32.2. The number of carbonyl (C=O) groups is 2. The third-order valence-corrected chi connectivity index (χ3v) is 5.88. The van der Waals surface area contributed by atoms with Crippen molar-refractivity contribution >= 4 is 57.6 Å². The average molecular weight is 429 g/mol. The SMILES string of the molecule is CCN(CC)c1ccc(/C=C2\SC(=S)N(c3ccc(O)c(C(=O)O)c3)C2=O)cc1. The summed E-state index contributed by atoms with van der Waals surface area (Å²) < 4.78 is 0.308. The Hall–Kier alpha value is -2.84. The van der Waals surface area contributed by atoms with E-state index in [1.165, 1.54) is 23.1 Å². The second-order valence-corrected chi connectivity index (χ2v) is 7.96. The van der Waals surface area contributed by atoms with Crippen molar-refractivity contribution < 1.29 is 19.8 Å².